The van der Waals surface area contributed by atoms with Gasteiger partial charge in [0.25, 0.3) is 10.2 Å². The molecule has 0 aromatic rings. The lowest BCUT2D eigenvalue weighted by atomic mass is 10.1. The molecule has 0 aromatic carbocycles. The third-order valence-corrected chi connectivity index (χ3v) is 5.36. The van der Waals surface area contributed by atoms with E-state index in [1.165, 1.54) is 4.31 Å². The highest BCUT2D eigenvalue weighted by Gasteiger charge is 2.34. The van der Waals surface area contributed by atoms with Crippen molar-refractivity contribution in [1.82, 2.24) is 13.9 Å². The molecular weight excluding hydrogens is 254 g/mol. The largest absolute Gasteiger partial charge is 0.383 e. The second-order valence-electron chi connectivity index (χ2n) is 4.64. The molecule has 0 aliphatic carbocycles. The number of ether oxygens (including phenoxy) is 1. The second kappa shape index (κ2) is 7.40. The van der Waals surface area contributed by atoms with E-state index in [-0.39, 0.29) is 6.04 Å². The Morgan fingerprint density at radius 3 is 2.78 bits per heavy atom. The third-order valence-electron chi connectivity index (χ3n) is 3.31. The first-order valence-electron chi connectivity index (χ1n) is 6.40. The van der Waals surface area contributed by atoms with Crippen LogP contribution in [0.5, 0.6) is 0 Å². The molecule has 7 heteroatoms. The molecule has 0 amide bonds. The van der Waals surface area contributed by atoms with Crippen LogP contribution in [0.2, 0.25) is 0 Å². The minimum Gasteiger partial charge on any atom is -0.383 e. The van der Waals surface area contributed by atoms with Crippen molar-refractivity contribution < 1.29 is 13.2 Å². The Bertz CT molecular complexity index is 332. The molecule has 1 fully saturated rings. The van der Waals surface area contributed by atoms with Crippen LogP contribution in [-0.4, -0.2) is 70.5 Å². The lowest BCUT2D eigenvalue weighted by molar-refractivity contribution is 0.177. The maximum Gasteiger partial charge on any atom is 0.282 e. The van der Waals surface area contributed by atoms with E-state index < -0.39 is 10.2 Å². The summed E-state index contributed by atoms with van der Waals surface area (Å²) >= 11 is 0. The molecule has 1 unspecified atom stereocenters. The molecule has 0 spiro atoms. The van der Waals surface area contributed by atoms with Crippen LogP contribution in [0.4, 0.5) is 0 Å². The standard InChI is InChI=1S/C11H25N3O3S/c1-12-10-11-6-4-5-7-14(11)18(15,16)13(2)8-9-17-3/h11-12H,4-10H2,1-3H3. The SMILES string of the molecule is CNCC1CCCCN1S(=O)(=O)N(C)CCOC. The highest BCUT2D eigenvalue weighted by molar-refractivity contribution is 7.86. The molecule has 1 aliphatic heterocycles. The molecule has 1 rings (SSSR count). The van der Waals surface area contributed by atoms with Gasteiger partial charge in [0.15, 0.2) is 0 Å². The van der Waals surface area contributed by atoms with Crippen LogP contribution < -0.4 is 5.32 Å². The zero-order chi connectivity index (χ0) is 13.6. The molecule has 0 bridgehead atoms. The minimum atomic E-state index is -3.36. The van der Waals surface area contributed by atoms with Gasteiger partial charge in [0.05, 0.1) is 6.61 Å². The Morgan fingerprint density at radius 1 is 1.44 bits per heavy atom. The summed E-state index contributed by atoms with van der Waals surface area (Å²) in [4.78, 5) is 0. The number of methoxy groups -OCH3 is 1. The van der Waals surface area contributed by atoms with Gasteiger partial charge in [-0.2, -0.15) is 17.0 Å². The number of hydrogen-bond donors (Lipinski definition) is 1. The molecule has 108 valence electrons. The van der Waals surface area contributed by atoms with E-state index in [4.69, 9.17) is 4.74 Å². The van der Waals surface area contributed by atoms with E-state index in [2.05, 4.69) is 5.32 Å². The van der Waals surface area contributed by atoms with Gasteiger partial charge >= 0.3 is 0 Å². The van der Waals surface area contributed by atoms with Gasteiger partial charge in [0.1, 0.15) is 0 Å². The summed E-state index contributed by atoms with van der Waals surface area (Å²) in [6, 6.07) is 0.0683. The minimum absolute atomic E-state index is 0.0683. The Hall–Kier alpha value is -0.210. The van der Waals surface area contributed by atoms with Gasteiger partial charge in [-0.05, 0) is 19.9 Å². The van der Waals surface area contributed by atoms with Crippen LogP contribution in [0, 0.1) is 0 Å². The number of likely N-dealkylation sites (N-methyl/N-ethyl adjacent to an activating group) is 2. The molecule has 6 nitrogen and oxygen atoms in total. The van der Waals surface area contributed by atoms with Crippen molar-refractivity contribution in [3.05, 3.63) is 0 Å². The summed E-state index contributed by atoms with van der Waals surface area (Å²) in [6.45, 7) is 2.13. The molecule has 18 heavy (non-hydrogen) atoms. The fourth-order valence-corrected chi connectivity index (χ4v) is 3.81. The molecule has 1 aliphatic rings. The van der Waals surface area contributed by atoms with Gasteiger partial charge in [-0.15, -0.1) is 0 Å². The highest BCUT2D eigenvalue weighted by Crippen LogP contribution is 2.21. The van der Waals surface area contributed by atoms with Crippen LogP contribution in [0.25, 0.3) is 0 Å². The predicted octanol–water partition coefficient (Wildman–Crippen LogP) is -0.117. The smallest absolute Gasteiger partial charge is 0.282 e. The molecule has 0 aromatic heterocycles. The average Bonchev–Trinajstić information content (AvgIpc) is 2.36. The molecule has 1 saturated heterocycles. The highest BCUT2D eigenvalue weighted by atomic mass is 32.2. The second-order valence-corrected chi connectivity index (χ2v) is 6.63. The molecule has 1 atom stereocenters. The molecular formula is C11H25N3O3S. The van der Waals surface area contributed by atoms with Crippen LogP contribution in [0.1, 0.15) is 19.3 Å². The topological polar surface area (TPSA) is 61.9 Å². The van der Waals surface area contributed by atoms with Gasteiger partial charge < -0.3 is 10.1 Å². The van der Waals surface area contributed by atoms with Crippen LogP contribution in [0.3, 0.4) is 0 Å². The van der Waals surface area contributed by atoms with E-state index >= 15 is 0 Å². The Labute approximate surface area is 110 Å². The zero-order valence-corrected chi connectivity index (χ0v) is 12.4. The van der Waals surface area contributed by atoms with Crippen molar-refractivity contribution in [3.8, 4) is 0 Å². The maximum absolute atomic E-state index is 12.4. The fourth-order valence-electron chi connectivity index (χ4n) is 2.23. The number of piperidine rings is 1. The number of nitrogens with zero attached hydrogens (tertiary/aromatic N) is 2. The van der Waals surface area contributed by atoms with E-state index in [0.29, 0.717) is 26.2 Å². The van der Waals surface area contributed by atoms with Crippen molar-refractivity contribution in [3.63, 3.8) is 0 Å². The van der Waals surface area contributed by atoms with Gasteiger partial charge in [0.2, 0.25) is 0 Å². The quantitative estimate of drug-likeness (QED) is 0.706. The van der Waals surface area contributed by atoms with E-state index in [0.717, 1.165) is 19.3 Å². The summed E-state index contributed by atoms with van der Waals surface area (Å²) in [5, 5.41) is 3.07. The lowest BCUT2D eigenvalue weighted by Crippen LogP contribution is -2.52. The summed E-state index contributed by atoms with van der Waals surface area (Å²) in [7, 11) is 1.68. The van der Waals surface area contributed by atoms with E-state index in [1.54, 1.807) is 18.5 Å². The number of hydrogen-bond acceptors (Lipinski definition) is 4. The van der Waals surface area contributed by atoms with Crippen molar-refractivity contribution in [1.29, 1.82) is 0 Å². The Balaban J connectivity index is 2.73. The first-order chi connectivity index (χ1) is 8.54. The average molecular weight is 279 g/mol. The normalized spacial score (nSPS) is 22.6. The van der Waals surface area contributed by atoms with Gasteiger partial charge in [-0.3, -0.25) is 0 Å². The summed E-state index contributed by atoms with van der Waals surface area (Å²) < 4.78 is 32.8. The third kappa shape index (κ3) is 3.89. The van der Waals surface area contributed by atoms with Gasteiger partial charge in [-0.1, -0.05) is 6.42 Å². The maximum atomic E-state index is 12.4. The molecule has 1 heterocycles. The lowest BCUT2D eigenvalue weighted by Gasteiger charge is -2.36. The van der Waals surface area contributed by atoms with Gasteiger partial charge in [-0.25, -0.2) is 0 Å². The van der Waals surface area contributed by atoms with Crippen molar-refractivity contribution in [2.75, 3.05) is 47.4 Å². The zero-order valence-electron chi connectivity index (χ0n) is 11.6. The van der Waals surface area contributed by atoms with Crippen molar-refractivity contribution in [2.45, 2.75) is 25.3 Å². The van der Waals surface area contributed by atoms with Gasteiger partial charge in [0, 0.05) is 39.8 Å². The van der Waals surface area contributed by atoms with Crippen LogP contribution in [0.15, 0.2) is 0 Å². The molecule has 0 radical (unpaired) electrons. The Morgan fingerprint density at radius 2 is 2.17 bits per heavy atom. The van der Waals surface area contributed by atoms with E-state index in [9.17, 15) is 8.42 Å². The van der Waals surface area contributed by atoms with Crippen molar-refractivity contribution in [2.24, 2.45) is 0 Å². The fraction of sp³-hybridized carbons (Fsp3) is 1.00. The van der Waals surface area contributed by atoms with Crippen molar-refractivity contribution >= 4 is 10.2 Å². The summed E-state index contributed by atoms with van der Waals surface area (Å²) in [6.07, 6.45) is 2.97. The predicted molar refractivity (Wildman–Crippen MR) is 71.7 cm³/mol. The van der Waals surface area contributed by atoms with E-state index in [1.807, 2.05) is 7.05 Å². The number of rotatable bonds is 7. The molecule has 1 N–H and O–H groups in total. The Kier molecular flexibility index (Phi) is 6.51. The number of nitrogens with one attached hydrogen (secondary N) is 1. The summed E-state index contributed by atoms with van der Waals surface area (Å²) in [5.74, 6) is 0. The first-order valence-corrected chi connectivity index (χ1v) is 7.80. The first kappa shape index (κ1) is 15.8. The monoisotopic (exact) mass is 279 g/mol. The summed E-state index contributed by atoms with van der Waals surface area (Å²) in [5.41, 5.74) is 0. The van der Waals surface area contributed by atoms with Crippen LogP contribution in [-0.2, 0) is 14.9 Å². The van der Waals surface area contributed by atoms with Crippen LogP contribution >= 0.6 is 0 Å². The molecule has 0 saturated carbocycles.